The summed E-state index contributed by atoms with van der Waals surface area (Å²) in [5.41, 5.74) is 1.11. The summed E-state index contributed by atoms with van der Waals surface area (Å²) in [5, 5.41) is 12.2. The van der Waals surface area contributed by atoms with Crippen LogP contribution in [0.15, 0.2) is 30.3 Å². The second-order valence-corrected chi connectivity index (χ2v) is 6.65. The summed E-state index contributed by atoms with van der Waals surface area (Å²) in [6.07, 6.45) is 2.62. The molecule has 0 saturated heterocycles. The molecule has 0 spiro atoms. The normalized spacial score (nSPS) is 22.5. The van der Waals surface area contributed by atoms with Crippen LogP contribution in [0.25, 0.3) is 0 Å². The topological polar surface area (TPSA) is 66.4 Å². The molecule has 1 fully saturated rings. The first-order valence-electron chi connectivity index (χ1n) is 8.05. The summed E-state index contributed by atoms with van der Waals surface area (Å²) >= 11 is 0. The molecule has 1 saturated carbocycles. The number of carboxylic acid groups (broad SMARTS) is 1. The summed E-state index contributed by atoms with van der Waals surface area (Å²) in [6, 6.07) is 9.98. The lowest BCUT2D eigenvalue weighted by molar-refractivity contribution is -0.141. The molecule has 1 unspecified atom stereocenters. The first kappa shape index (κ1) is 16.5. The molecule has 1 aliphatic carbocycles. The molecule has 4 nitrogen and oxygen atoms in total. The molecule has 120 valence electrons. The fourth-order valence-electron chi connectivity index (χ4n) is 3.17. The van der Waals surface area contributed by atoms with Crippen LogP contribution in [0.2, 0.25) is 0 Å². The van der Waals surface area contributed by atoms with Crippen molar-refractivity contribution >= 4 is 11.9 Å². The lowest BCUT2D eigenvalue weighted by Crippen LogP contribution is -2.34. The summed E-state index contributed by atoms with van der Waals surface area (Å²) in [7, 11) is 0. The average Bonchev–Trinajstić information content (AvgIpc) is 2.97. The number of hydrogen-bond acceptors (Lipinski definition) is 2. The Hall–Kier alpha value is -1.84. The molecule has 3 atom stereocenters. The Morgan fingerprint density at radius 3 is 2.36 bits per heavy atom. The molecular weight excluding hydrogens is 278 g/mol. The van der Waals surface area contributed by atoms with E-state index < -0.39 is 5.97 Å². The highest BCUT2D eigenvalue weighted by molar-refractivity contribution is 5.81. The van der Waals surface area contributed by atoms with Crippen molar-refractivity contribution < 1.29 is 14.7 Å². The van der Waals surface area contributed by atoms with Gasteiger partial charge in [0.15, 0.2) is 0 Å². The van der Waals surface area contributed by atoms with E-state index in [4.69, 9.17) is 5.11 Å². The molecule has 0 radical (unpaired) electrons. The molecule has 22 heavy (non-hydrogen) atoms. The van der Waals surface area contributed by atoms with E-state index in [1.54, 1.807) is 0 Å². The van der Waals surface area contributed by atoms with E-state index in [9.17, 15) is 9.59 Å². The van der Waals surface area contributed by atoms with Crippen LogP contribution in [0, 0.1) is 17.8 Å². The zero-order valence-corrected chi connectivity index (χ0v) is 13.3. The number of nitrogens with one attached hydrogen (secondary N) is 1. The van der Waals surface area contributed by atoms with Crippen molar-refractivity contribution in [3.8, 4) is 0 Å². The summed E-state index contributed by atoms with van der Waals surface area (Å²) < 4.78 is 0. The van der Waals surface area contributed by atoms with Gasteiger partial charge < -0.3 is 10.4 Å². The third kappa shape index (κ3) is 4.33. The van der Waals surface area contributed by atoms with Crippen molar-refractivity contribution in [3.63, 3.8) is 0 Å². The highest BCUT2D eigenvalue weighted by Crippen LogP contribution is 2.32. The SMILES string of the molecule is CC(C)CC(NC(=O)[C@@H]1CC[C@H](C(=O)O)C1)c1ccccc1. The number of amides is 1. The van der Waals surface area contributed by atoms with Crippen LogP contribution in [0.4, 0.5) is 0 Å². The summed E-state index contributed by atoms with van der Waals surface area (Å²) in [5.74, 6) is -0.841. The molecule has 0 aromatic heterocycles. The maximum absolute atomic E-state index is 12.5. The molecule has 2 N–H and O–H groups in total. The highest BCUT2D eigenvalue weighted by Gasteiger charge is 2.34. The minimum Gasteiger partial charge on any atom is -0.481 e. The second kappa shape index (κ2) is 7.43. The predicted molar refractivity (Wildman–Crippen MR) is 85.2 cm³/mol. The number of aliphatic carboxylic acids is 1. The zero-order valence-electron chi connectivity index (χ0n) is 13.3. The molecule has 1 aromatic rings. The minimum absolute atomic E-state index is 0.00162. The summed E-state index contributed by atoms with van der Waals surface area (Å²) in [6.45, 7) is 4.27. The quantitative estimate of drug-likeness (QED) is 0.846. The van der Waals surface area contributed by atoms with Crippen molar-refractivity contribution in [2.75, 3.05) is 0 Å². The fourth-order valence-corrected chi connectivity index (χ4v) is 3.17. The van der Waals surface area contributed by atoms with Gasteiger partial charge in [0.25, 0.3) is 0 Å². The Morgan fingerprint density at radius 1 is 1.18 bits per heavy atom. The number of carboxylic acids is 1. The van der Waals surface area contributed by atoms with Gasteiger partial charge in [-0.1, -0.05) is 44.2 Å². The summed E-state index contributed by atoms with van der Waals surface area (Å²) in [4.78, 5) is 23.5. The van der Waals surface area contributed by atoms with Crippen LogP contribution < -0.4 is 5.32 Å². The van der Waals surface area contributed by atoms with Crippen LogP contribution in [0.1, 0.15) is 51.1 Å². The van der Waals surface area contributed by atoms with Crippen LogP contribution in [0.3, 0.4) is 0 Å². The van der Waals surface area contributed by atoms with E-state index in [0.29, 0.717) is 25.2 Å². The van der Waals surface area contributed by atoms with Crippen LogP contribution in [-0.4, -0.2) is 17.0 Å². The van der Waals surface area contributed by atoms with Crippen molar-refractivity contribution in [2.45, 2.75) is 45.6 Å². The predicted octanol–water partition coefficient (Wildman–Crippen LogP) is 3.39. The Balaban J connectivity index is 2.01. The highest BCUT2D eigenvalue weighted by atomic mass is 16.4. The third-order valence-electron chi connectivity index (χ3n) is 4.38. The molecule has 2 rings (SSSR count). The molecule has 0 bridgehead atoms. The zero-order chi connectivity index (χ0) is 16.1. The van der Waals surface area contributed by atoms with Gasteiger partial charge in [-0.15, -0.1) is 0 Å². The van der Waals surface area contributed by atoms with Crippen LogP contribution in [-0.2, 0) is 9.59 Å². The van der Waals surface area contributed by atoms with E-state index in [-0.39, 0.29) is 23.8 Å². The van der Waals surface area contributed by atoms with Gasteiger partial charge in [0, 0.05) is 5.92 Å². The van der Waals surface area contributed by atoms with Gasteiger partial charge in [0.05, 0.1) is 12.0 Å². The van der Waals surface area contributed by atoms with Crippen molar-refractivity contribution in [1.29, 1.82) is 0 Å². The van der Waals surface area contributed by atoms with Gasteiger partial charge in [-0.05, 0) is 37.2 Å². The minimum atomic E-state index is -0.780. The Kier molecular flexibility index (Phi) is 5.58. The van der Waals surface area contributed by atoms with Crippen molar-refractivity contribution in [3.05, 3.63) is 35.9 Å². The molecule has 4 heteroatoms. The van der Waals surface area contributed by atoms with E-state index in [0.717, 1.165) is 12.0 Å². The molecule has 1 amide bonds. The number of hydrogen-bond donors (Lipinski definition) is 2. The second-order valence-electron chi connectivity index (χ2n) is 6.65. The monoisotopic (exact) mass is 303 g/mol. The Labute approximate surface area is 131 Å². The first-order chi connectivity index (χ1) is 10.5. The van der Waals surface area contributed by atoms with Gasteiger partial charge >= 0.3 is 5.97 Å². The van der Waals surface area contributed by atoms with Crippen molar-refractivity contribution in [1.82, 2.24) is 5.32 Å². The van der Waals surface area contributed by atoms with E-state index in [2.05, 4.69) is 19.2 Å². The molecule has 1 aliphatic rings. The lowest BCUT2D eigenvalue weighted by Gasteiger charge is -2.23. The van der Waals surface area contributed by atoms with E-state index >= 15 is 0 Å². The van der Waals surface area contributed by atoms with Gasteiger partial charge in [0.1, 0.15) is 0 Å². The number of rotatable bonds is 6. The maximum atomic E-state index is 12.5. The molecule has 0 heterocycles. The third-order valence-corrected chi connectivity index (χ3v) is 4.38. The molecule has 1 aromatic carbocycles. The van der Waals surface area contributed by atoms with Crippen LogP contribution in [0.5, 0.6) is 0 Å². The van der Waals surface area contributed by atoms with Gasteiger partial charge in [-0.25, -0.2) is 0 Å². The fraction of sp³-hybridized carbons (Fsp3) is 0.556. The Bertz CT molecular complexity index is 512. The van der Waals surface area contributed by atoms with E-state index in [1.165, 1.54) is 0 Å². The van der Waals surface area contributed by atoms with Crippen LogP contribution >= 0.6 is 0 Å². The molecule has 0 aliphatic heterocycles. The Morgan fingerprint density at radius 2 is 1.82 bits per heavy atom. The number of carbonyl (C=O) groups excluding carboxylic acids is 1. The standard InChI is InChI=1S/C18H25NO3/c1-12(2)10-16(13-6-4-3-5-7-13)19-17(20)14-8-9-15(11-14)18(21)22/h3-7,12,14-16H,8-11H2,1-2H3,(H,19,20)(H,21,22)/t14-,15+,16?/m1/s1. The van der Waals surface area contributed by atoms with Crippen molar-refractivity contribution in [2.24, 2.45) is 17.8 Å². The number of benzene rings is 1. The first-order valence-corrected chi connectivity index (χ1v) is 8.05. The maximum Gasteiger partial charge on any atom is 0.306 e. The smallest absolute Gasteiger partial charge is 0.306 e. The average molecular weight is 303 g/mol. The van der Waals surface area contributed by atoms with Gasteiger partial charge in [-0.3, -0.25) is 9.59 Å². The largest absolute Gasteiger partial charge is 0.481 e. The lowest BCUT2D eigenvalue weighted by atomic mass is 9.95. The van der Waals surface area contributed by atoms with E-state index in [1.807, 2.05) is 30.3 Å². The van der Waals surface area contributed by atoms with Gasteiger partial charge in [-0.2, -0.15) is 0 Å². The number of carbonyl (C=O) groups is 2. The molecular formula is C18H25NO3. The van der Waals surface area contributed by atoms with Gasteiger partial charge in [0.2, 0.25) is 5.91 Å².